The topological polar surface area (TPSA) is 32.3 Å². The van der Waals surface area contributed by atoms with Gasteiger partial charge in [0.25, 0.3) is 0 Å². The molecule has 1 saturated carbocycles. The summed E-state index contributed by atoms with van der Waals surface area (Å²) in [6, 6.07) is 1.31. The summed E-state index contributed by atoms with van der Waals surface area (Å²) in [5.41, 5.74) is 0. The zero-order valence-electron chi connectivity index (χ0n) is 11.2. The minimum absolute atomic E-state index is 0.219. The summed E-state index contributed by atoms with van der Waals surface area (Å²) in [5.74, 6) is 0.497. The highest BCUT2D eigenvalue weighted by Gasteiger charge is 2.32. The van der Waals surface area contributed by atoms with E-state index in [4.69, 9.17) is 0 Å². The van der Waals surface area contributed by atoms with Gasteiger partial charge in [0.1, 0.15) is 0 Å². The number of hydrogen-bond acceptors (Lipinski definition) is 2. The Morgan fingerprint density at radius 1 is 1.18 bits per heavy atom. The van der Waals surface area contributed by atoms with Crippen LogP contribution < -0.4 is 5.32 Å². The van der Waals surface area contributed by atoms with Crippen molar-refractivity contribution in [2.24, 2.45) is 5.92 Å². The lowest BCUT2D eigenvalue weighted by molar-refractivity contribution is -0.126. The second-order valence-corrected chi connectivity index (χ2v) is 5.56. The molecule has 2 aliphatic rings. The van der Waals surface area contributed by atoms with Crippen molar-refractivity contribution >= 4 is 5.91 Å². The fraction of sp³-hybridized carbons (Fsp3) is 0.929. The van der Waals surface area contributed by atoms with Gasteiger partial charge in [-0.1, -0.05) is 13.8 Å². The Labute approximate surface area is 105 Å². The highest BCUT2D eigenvalue weighted by atomic mass is 16.1. The van der Waals surface area contributed by atoms with Crippen LogP contribution in [0.2, 0.25) is 0 Å². The summed E-state index contributed by atoms with van der Waals surface area (Å²) in [6.45, 7) is 6.56. The maximum absolute atomic E-state index is 12.0. The third-order valence-electron chi connectivity index (χ3n) is 4.30. The molecule has 0 bridgehead atoms. The lowest BCUT2D eigenvalue weighted by atomic mass is 9.99. The molecule has 3 nitrogen and oxygen atoms in total. The van der Waals surface area contributed by atoms with E-state index in [-0.39, 0.29) is 11.8 Å². The van der Waals surface area contributed by atoms with E-state index in [1.54, 1.807) is 0 Å². The van der Waals surface area contributed by atoms with Crippen LogP contribution in [0.25, 0.3) is 0 Å². The van der Waals surface area contributed by atoms with E-state index >= 15 is 0 Å². The van der Waals surface area contributed by atoms with Crippen molar-refractivity contribution in [3.8, 4) is 0 Å². The smallest absolute Gasteiger partial charge is 0.223 e. The summed E-state index contributed by atoms with van der Waals surface area (Å²) in [5, 5.41) is 3.24. The van der Waals surface area contributed by atoms with E-state index in [1.807, 2.05) is 0 Å². The fourth-order valence-electron chi connectivity index (χ4n) is 2.83. The van der Waals surface area contributed by atoms with Crippen molar-refractivity contribution in [1.82, 2.24) is 10.2 Å². The number of nitrogens with one attached hydrogen (secondary N) is 1. The monoisotopic (exact) mass is 238 g/mol. The number of likely N-dealkylation sites (tertiary alicyclic amines) is 1. The number of carbonyl (C=O) groups excluding carboxylic acids is 1. The van der Waals surface area contributed by atoms with Gasteiger partial charge in [-0.05, 0) is 38.5 Å². The molecule has 1 N–H and O–H groups in total. The van der Waals surface area contributed by atoms with Crippen LogP contribution >= 0.6 is 0 Å². The molecule has 0 aromatic heterocycles. The third-order valence-corrected chi connectivity index (χ3v) is 4.30. The number of nitrogens with zero attached hydrogens (tertiary/aromatic N) is 1. The highest BCUT2D eigenvalue weighted by molar-refractivity contribution is 5.78. The van der Waals surface area contributed by atoms with E-state index in [2.05, 4.69) is 24.1 Å². The number of hydrogen-bond donors (Lipinski definition) is 1. The molecule has 2 fully saturated rings. The van der Waals surface area contributed by atoms with Gasteiger partial charge in [0.2, 0.25) is 5.91 Å². The number of rotatable bonds is 5. The Hall–Kier alpha value is -0.570. The van der Waals surface area contributed by atoms with E-state index < -0.39 is 0 Å². The molecule has 1 aliphatic carbocycles. The molecule has 98 valence electrons. The molecule has 1 amide bonds. The van der Waals surface area contributed by atoms with Crippen molar-refractivity contribution in [3.63, 3.8) is 0 Å². The van der Waals surface area contributed by atoms with Crippen LogP contribution in [0.15, 0.2) is 0 Å². The molecule has 0 aromatic carbocycles. The van der Waals surface area contributed by atoms with E-state index in [1.165, 1.54) is 25.9 Å². The number of piperidine rings is 1. The minimum atomic E-state index is 0.219. The summed E-state index contributed by atoms with van der Waals surface area (Å²) < 4.78 is 0. The lowest BCUT2D eigenvalue weighted by Gasteiger charge is -2.33. The summed E-state index contributed by atoms with van der Waals surface area (Å²) in [4.78, 5) is 14.6. The first-order valence-electron chi connectivity index (χ1n) is 7.29. The summed E-state index contributed by atoms with van der Waals surface area (Å²) in [6.07, 6.45) is 6.99. The van der Waals surface area contributed by atoms with Gasteiger partial charge in [0, 0.05) is 31.1 Å². The molecule has 2 rings (SSSR count). The molecule has 0 aromatic rings. The highest BCUT2D eigenvalue weighted by Crippen LogP contribution is 2.29. The Morgan fingerprint density at radius 2 is 1.76 bits per heavy atom. The van der Waals surface area contributed by atoms with Crippen LogP contribution in [-0.4, -0.2) is 36.0 Å². The maximum Gasteiger partial charge on any atom is 0.223 e. The Balaban J connectivity index is 1.71. The molecular formula is C14H26N2O. The van der Waals surface area contributed by atoms with Crippen molar-refractivity contribution in [2.45, 2.75) is 64.5 Å². The molecule has 0 atom stereocenters. The van der Waals surface area contributed by atoms with E-state index in [0.717, 1.165) is 31.7 Å². The standard InChI is InChI=1S/C14H26N2O/c1-3-11(4-2)14(17)15-12-7-9-16(10-8-12)13-5-6-13/h11-13H,3-10H2,1-2H3,(H,15,17). The predicted molar refractivity (Wildman–Crippen MR) is 69.8 cm³/mol. The van der Waals surface area contributed by atoms with Crippen LogP contribution in [0.5, 0.6) is 0 Å². The molecule has 1 aliphatic heterocycles. The number of amides is 1. The SMILES string of the molecule is CCC(CC)C(=O)NC1CCN(C2CC2)CC1. The van der Waals surface area contributed by atoms with Gasteiger partial charge >= 0.3 is 0 Å². The van der Waals surface area contributed by atoms with Crippen LogP contribution in [0.1, 0.15) is 52.4 Å². The normalized spacial score (nSPS) is 23.0. The first kappa shape index (κ1) is 12.9. The minimum Gasteiger partial charge on any atom is -0.353 e. The van der Waals surface area contributed by atoms with Crippen molar-refractivity contribution in [2.75, 3.05) is 13.1 Å². The summed E-state index contributed by atoms with van der Waals surface area (Å²) in [7, 11) is 0. The first-order valence-corrected chi connectivity index (χ1v) is 7.29. The fourth-order valence-corrected chi connectivity index (χ4v) is 2.83. The predicted octanol–water partition coefficient (Wildman–Crippen LogP) is 2.17. The van der Waals surface area contributed by atoms with Crippen molar-refractivity contribution in [1.29, 1.82) is 0 Å². The summed E-state index contributed by atoms with van der Waals surface area (Å²) >= 11 is 0. The van der Waals surface area contributed by atoms with E-state index in [9.17, 15) is 4.79 Å². The van der Waals surface area contributed by atoms with Crippen LogP contribution in [0.4, 0.5) is 0 Å². The molecule has 0 unspecified atom stereocenters. The van der Waals surface area contributed by atoms with Crippen LogP contribution in [-0.2, 0) is 4.79 Å². The Morgan fingerprint density at radius 3 is 2.24 bits per heavy atom. The van der Waals surface area contributed by atoms with Gasteiger partial charge in [-0.2, -0.15) is 0 Å². The van der Waals surface area contributed by atoms with Crippen LogP contribution in [0, 0.1) is 5.92 Å². The van der Waals surface area contributed by atoms with Crippen molar-refractivity contribution < 1.29 is 4.79 Å². The second-order valence-electron chi connectivity index (χ2n) is 5.56. The largest absolute Gasteiger partial charge is 0.353 e. The first-order chi connectivity index (χ1) is 8.24. The van der Waals surface area contributed by atoms with Gasteiger partial charge in [-0.25, -0.2) is 0 Å². The van der Waals surface area contributed by atoms with Gasteiger partial charge in [0.15, 0.2) is 0 Å². The third kappa shape index (κ3) is 3.44. The molecule has 3 heteroatoms. The zero-order chi connectivity index (χ0) is 12.3. The molecule has 1 saturated heterocycles. The molecule has 1 heterocycles. The number of carbonyl (C=O) groups is 1. The Kier molecular flexibility index (Phi) is 4.43. The van der Waals surface area contributed by atoms with Crippen molar-refractivity contribution in [3.05, 3.63) is 0 Å². The molecular weight excluding hydrogens is 212 g/mol. The van der Waals surface area contributed by atoms with E-state index in [0.29, 0.717) is 6.04 Å². The quantitative estimate of drug-likeness (QED) is 0.796. The molecule has 17 heavy (non-hydrogen) atoms. The van der Waals surface area contributed by atoms with Gasteiger partial charge in [-0.3, -0.25) is 4.79 Å². The van der Waals surface area contributed by atoms with Gasteiger partial charge in [-0.15, -0.1) is 0 Å². The second kappa shape index (κ2) is 5.85. The average Bonchev–Trinajstić information content (AvgIpc) is 3.15. The van der Waals surface area contributed by atoms with Gasteiger partial charge < -0.3 is 10.2 Å². The molecule has 0 spiro atoms. The van der Waals surface area contributed by atoms with Gasteiger partial charge in [0.05, 0.1) is 0 Å². The molecule has 0 radical (unpaired) electrons. The maximum atomic E-state index is 12.0. The Bertz CT molecular complexity index is 251. The average molecular weight is 238 g/mol. The lowest BCUT2D eigenvalue weighted by Crippen LogP contribution is -2.46. The van der Waals surface area contributed by atoms with Crippen LogP contribution in [0.3, 0.4) is 0 Å². The zero-order valence-corrected chi connectivity index (χ0v) is 11.2.